The largest absolute Gasteiger partial charge is 0.218 e. The lowest BCUT2D eigenvalue weighted by Crippen LogP contribution is -1.76. The van der Waals surface area contributed by atoms with E-state index in [0.29, 0.717) is 15.6 Å². The molecule has 0 atom stereocenters. The fourth-order valence-electron chi connectivity index (χ4n) is 0.578. The summed E-state index contributed by atoms with van der Waals surface area (Å²) < 4.78 is 0. The van der Waals surface area contributed by atoms with Crippen LogP contribution in [0.5, 0.6) is 0 Å². The van der Waals surface area contributed by atoms with Crippen LogP contribution < -0.4 is 0 Å². The molecule has 0 saturated carbocycles. The fourth-order valence-corrected chi connectivity index (χ4v) is 1.23. The minimum atomic E-state index is 0.463. The molecule has 0 spiro atoms. The molecule has 0 aliphatic heterocycles. The van der Waals surface area contributed by atoms with Gasteiger partial charge in [0, 0.05) is 0 Å². The molecule has 1 aromatic heterocycles. The van der Waals surface area contributed by atoms with Gasteiger partial charge in [0.15, 0.2) is 5.01 Å². The first kappa shape index (κ1) is 7.42. The van der Waals surface area contributed by atoms with Crippen LogP contribution in [0.15, 0.2) is 0 Å². The Morgan fingerprint density at radius 2 is 1.82 bits per heavy atom. The molecule has 1 heterocycles. The summed E-state index contributed by atoms with van der Waals surface area (Å²) in [4.78, 5) is 4.55. The van der Waals surface area contributed by atoms with E-state index in [1.807, 2.05) is 0 Å². The number of hydrogen-bond donors (Lipinski definition) is 0. The molecule has 0 aromatic carbocycles. The van der Waals surface area contributed by atoms with Crippen molar-refractivity contribution < 1.29 is 0 Å². The first-order chi connectivity index (χ1) is 5.31. The zero-order valence-electron chi connectivity index (χ0n) is 5.59. The van der Waals surface area contributed by atoms with Crippen molar-refractivity contribution in [2.24, 2.45) is 0 Å². The Bertz CT molecular complexity index is 361. The van der Waals surface area contributed by atoms with E-state index < -0.39 is 0 Å². The maximum atomic E-state index is 5.15. The molecule has 11 heavy (non-hydrogen) atoms. The molecule has 0 bridgehead atoms. The van der Waals surface area contributed by atoms with Crippen LogP contribution in [0.25, 0.3) is 0 Å². The smallest absolute Gasteiger partial charge is 0.169 e. The predicted octanol–water partition coefficient (Wildman–Crippen LogP) is 1.09. The summed E-state index contributed by atoms with van der Waals surface area (Å²) >= 11 is 1.26. The van der Waals surface area contributed by atoms with Crippen molar-refractivity contribution in [3.05, 3.63) is 15.6 Å². The molecule has 0 amide bonds. The molecular weight excluding hydrogens is 154 g/mol. The number of aromatic nitrogens is 1. The molecule has 0 unspecified atom stereocenters. The molecule has 0 radical (unpaired) electrons. The lowest BCUT2D eigenvalue weighted by atomic mass is 10.4. The molecule has 50 valence electrons. The normalized spacial score (nSPS) is 7.73. The number of thiazole rings is 1. The summed E-state index contributed by atoms with van der Waals surface area (Å²) in [6.45, 7) is 0. The summed E-state index contributed by atoms with van der Waals surface area (Å²) in [6.07, 6.45) is 15.4. The Kier molecular flexibility index (Phi) is 1.98. The van der Waals surface area contributed by atoms with Crippen LogP contribution >= 0.6 is 11.3 Å². The van der Waals surface area contributed by atoms with Gasteiger partial charge < -0.3 is 0 Å². The molecular formula is C9H3NS. The fraction of sp³-hybridized carbons (Fsp3) is 0. The zero-order valence-corrected chi connectivity index (χ0v) is 6.40. The van der Waals surface area contributed by atoms with E-state index in [2.05, 4.69) is 22.7 Å². The Morgan fingerprint density at radius 1 is 1.09 bits per heavy atom. The van der Waals surface area contributed by atoms with E-state index >= 15 is 0 Å². The number of rotatable bonds is 0. The standard InChI is InChI=1S/C9H3NS/c1-4-7-8(5-2)11-9(6-3)10-7/h1-3H. The van der Waals surface area contributed by atoms with E-state index in [9.17, 15) is 0 Å². The SMILES string of the molecule is C#Cc1nc(C#C)c(C#C)s1. The second-order valence-corrected chi connectivity index (χ2v) is 2.63. The van der Waals surface area contributed by atoms with Gasteiger partial charge in [-0.2, -0.15) is 0 Å². The van der Waals surface area contributed by atoms with Crippen molar-refractivity contribution in [2.45, 2.75) is 0 Å². The second kappa shape index (κ2) is 2.93. The Labute approximate surface area is 69.5 Å². The van der Waals surface area contributed by atoms with Gasteiger partial charge in [-0.05, 0) is 11.8 Å². The van der Waals surface area contributed by atoms with Gasteiger partial charge >= 0.3 is 0 Å². The molecule has 1 aromatic rings. The third-order valence-corrected chi connectivity index (χ3v) is 1.94. The number of nitrogens with zero attached hydrogens (tertiary/aromatic N) is 1. The maximum absolute atomic E-state index is 5.15. The lowest BCUT2D eigenvalue weighted by molar-refractivity contribution is 1.34. The summed E-state index contributed by atoms with van der Waals surface area (Å²) in [5.41, 5.74) is 0.463. The van der Waals surface area contributed by atoms with E-state index in [4.69, 9.17) is 19.3 Å². The molecule has 2 heteroatoms. The molecule has 0 aliphatic rings. The first-order valence-electron chi connectivity index (χ1n) is 2.72. The Balaban J connectivity index is 3.32. The van der Waals surface area contributed by atoms with Crippen LogP contribution in [0.1, 0.15) is 15.6 Å². The third kappa shape index (κ3) is 1.24. The minimum absolute atomic E-state index is 0.463. The molecule has 0 fully saturated rings. The zero-order chi connectivity index (χ0) is 8.27. The summed E-state index contributed by atoms with van der Waals surface area (Å²) in [7, 11) is 0. The minimum Gasteiger partial charge on any atom is -0.218 e. The number of terminal acetylenes is 3. The monoisotopic (exact) mass is 157 g/mol. The second-order valence-electron chi connectivity index (χ2n) is 1.63. The van der Waals surface area contributed by atoms with Crippen molar-refractivity contribution in [1.29, 1.82) is 0 Å². The van der Waals surface area contributed by atoms with Crippen LogP contribution in [-0.2, 0) is 0 Å². The first-order valence-corrected chi connectivity index (χ1v) is 3.54. The van der Waals surface area contributed by atoms with Crippen LogP contribution in [-0.4, -0.2) is 4.98 Å². The van der Waals surface area contributed by atoms with Crippen molar-refractivity contribution in [2.75, 3.05) is 0 Å². The maximum Gasteiger partial charge on any atom is 0.169 e. The van der Waals surface area contributed by atoms with Gasteiger partial charge in [-0.15, -0.1) is 19.3 Å². The van der Waals surface area contributed by atoms with E-state index in [0.717, 1.165) is 0 Å². The quantitative estimate of drug-likeness (QED) is 0.514. The summed E-state index contributed by atoms with van der Waals surface area (Å²) in [6, 6.07) is 0. The molecule has 1 nitrogen and oxygen atoms in total. The van der Waals surface area contributed by atoms with Gasteiger partial charge in [-0.1, -0.05) is 17.3 Å². The van der Waals surface area contributed by atoms with Gasteiger partial charge in [0.1, 0.15) is 10.6 Å². The van der Waals surface area contributed by atoms with Crippen molar-refractivity contribution >= 4 is 11.3 Å². The highest BCUT2D eigenvalue weighted by molar-refractivity contribution is 7.12. The summed E-state index contributed by atoms with van der Waals surface area (Å²) in [5.74, 6) is 7.15. The molecule has 0 N–H and O–H groups in total. The van der Waals surface area contributed by atoms with Gasteiger partial charge in [-0.25, -0.2) is 4.98 Å². The van der Waals surface area contributed by atoms with Crippen LogP contribution in [0.4, 0.5) is 0 Å². The highest BCUT2D eigenvalue weighted by Crippen LogP contribution is 2.15. The Hall–Kier alpha value is -1.69. The van der Waals surface area contributed by atoms with E-state index in [1.54, 1.807) is 0 Å². The topological polar surface area (TPSA) is 12.9 Å². The highest BCUT2D eigenvalue weighted by Gasteiger charge is 2.03. The van der Waals surface area contributed by atoms with Crippen molar-refractivity contribution in [3.63, 3.8) is 0 Å². The van der Waals surface area contributed by atoms with Gasteiger partial charge in [-0.3, -0.25) is 0 Å². The predicted molar refractivity (Wildman–Crippen MR) is 45.9 cm³/mol. The van der Waals surface area contributed by atoms with Crippen LogP contribution in [0.3, 0.4) is 0 Å². The Morgan fingerprint density at radius 3 is 2.18 bits per heavy atom. The van der Waals surface area contributed by atoms with Crippen molar-refractivity contribution in [3.8, 4) is 37.0 Å². The van der Waals surface area contributed by atoms with Gasteiger partial charge in [0.05, 0.1) is 0 Å². The van der Waals surface area contributed by atoms with E-state index in [1.165, 1.54) is 11.3 Å². The van der Waals surface area contributed by atoms with Gasteiger partial charge in [0.2, 0.25) is 0 Å². The number of hydrogen-bond acceptors (Lipinski definition) is 2. The lowest BCUT2D eigenvalue weighted by Gasteiger charge is -1.77. The highest BCUT2D eigenvalue weighted by atomic mass is 32.1. The van der Waals surface area contributed by atoms with E-state index in [-0.39, 0.29) is 0 Å². The van der Waals surface area contributed by atoms with Crippen LogP contribution in [0, 0.1) is 37.0 Å². The van der Waals surface area contributed by atoms with Crippen molar-refractivity contribution in [1.82, 2.24) is 4.98 Å². The summed E-state index contributed by atoms with van der Waals surface area (Å²) in [5, 5.41) is 0.533. The molecule has 1 rings (SSSR count). The average molecular weight is 157 g/mol. The third-order valence-electron chi connectivity index (χ3n) is 1.02. The average Bonchev–Trinajstić information content (AvgIpc) is 2.46. The molecule has 0 aliphatic carbocycles. The van der Waals surface area contributed by atoms with Crippen LogP contribution in [0.2, 0.25) is 0 Å². The van der Waals surface area contributed by atoms with Gasteiger partial charge in [0.25, 0.3) is 0 Å². The molecule has 0 saturated heterocycles.